The van der Waals surface area contributed by atoms with Gasteiger partial charge < -0.3 is 19.7 Å². The van der Waals surface area contributed by atoms with Gasteiger partial charge >= 0.3 is 0 Å². The summed E-state index contributed by atoms with van der Waals surface area (Å²) in [4.78, 5) is 24.5. The molecule has 0 bridgehead atoms. The zero-order valence-corrected chi connectivity index (χ0v) is 18.4. The third kappa shape index (κ3) is 6.10. The number of hydrogen-bond donors (Lipinski definition) is 4. The van der Waals surface area contributed by atoms with Gasteiger partial charge in [0.25, 0.3) is 11.8 Å². The molecule has 0 aliphatic carbocycles. The van der Waals surface area contributed by atoms with Crippen LogP contribution in [0.25, 0.3) is 0 Å². The Balaban J connectivity index is 1.55. The molecule has 10 heteroatoms. The SMILES string of the molecule is COc1cc(/C=N\NC(=O)c2ccc(C(=O)N/N=C\c3ccc(O)c(OC)c3)cc2)ccc1O. The number of methoxy groups -OCH3 is 2. The van der Waals surface area contributed by atoms with Gasteiger partial charge in [0.1, 0.15) is 0 Å². The molecule has 0 heterocycles. The molecule has 4 N–H and O–H groups in total. The molecule has 34 heavy (non-hydrogen) atoms. The molecule has 3 aromatic carbocycles. The van der Waals surface area contributed by atoms with Crippen molar-refractivity contribution in [1.82, 2.24) is 10.9 Å². The van der Waals surface area contributed by atoms with E-state index >= 15 is 0 Å². The van der Waals surface area contributed by atoms with Crippen LogP contribution in [0.5, 0.6) is 23.0 Å². The molecule has 0 saturated heterocycles. The molecular weight excluding hydrogens is 440 g/mol. The van der Waals surface area contributed by atoms with Crippen molar-refractivity contribution < 1.29 is 29.3 Å². The summed E-state index contributed by atoms with van der Waals surface area (Å²) in [6.07, 6.45) is 2.81. The van der Waals surface area contributed by atoms with Crippen LogP contribution in [0.1, 0.15) is 31.8 Å². The van der Waals surface area contributed by atoms with E-state index in [2.05, 4.69) is 21.1 Å². The summed E-state index contributed by atoms with van der Waals surface area (Å²) in [6, 6.07) is 15.2. The average molecular weight is 462 g/mol. The van der Waals surface area contributed by atoms with Crippen molar-refractivity contribution in [3.8, 4) is 23.0 Å². The van der Waals surface area contributed by atoms with Gasteiger partial charge in [-0.1, -0.05) is 0 Å². The van der Waals surface area contributed by atoms with Crippen molar-refractivity contribution in [2.24, 2.45) is 10.2 Å². The van der Waals surface area contributed by atoms with Gasteiger partial charge in [0.15, 0.2) is 23.0 Å². The van der Waals surface area contributed by atoms with E-state index in [-0.39, 0.29) is 23.0 Å². The molecule has 0 spiro atoms. The van der Waals surface area contributed by atoms with E-state index in [4.69, 9.17) is 9.47 Å². The van der Waals surface area contributed by atoms with Crippen LogP contribution in [0.2, 0.25) is 0 Å². The summed E-state index contributed by atoms with van der Waals surface area (Å²) in [5.74, 6) is -0.354. The van der Waals surface area contributed by atoms with Crippen molar-refractivity contribution in [2.45, 2.75) is 0 Å². The molecule has 3 aromatic rings. The van der Waals surface area contributed by atoms with Gasteiger partial charge in [-0.3, -0.25) is 9.59 Å². The highest BCUT2D eigenvalue weighted by Gasteiger charge is 2.08. The Bertz CT molecular complexity index is 1140. The van der Waals surface area contributed by atoms with Crippen molar-refractivity contribution >= 4 is 24.2 Å². The number of nitrogens with zero attached hydrogens (tertiary/aromatic N) is 2. The lowest BCUT2D eigenvalue weighted by molar-refractivity contribution is 0.0943. The van der Waals surface area contributed by atoms with E-state index in [1.807, 2.05) is 0 Å². The first-order valence-corrected chi connectivity index (χ1v) is 9.92. The van der Waals surface area contributed by atoms with Crippen LogP contribution < -0.4 is 20.3 Å². The van der Waals surface area contributed by atoms with Gasteiger partial charge in [-0.25, -0.2) is 10.9 Å². The zero-order chi connectivity index (χ0) is 24.5. The largest absolute Gasteiger partial charge is 0.504 e. The van der Waals surface area contributed by atoms with E-state index in [1.165, 1.54) is 63.0 Å². The second-order valence-electron chi connectivity index (χ2n) is 6.84. The van der Waals surface area contributed by atoms with Crippen LogP contribution in [0.15, 0.2) is 70.9 Å². The van der Waals surface area contributed by atoms with E-state index in [0.717, 1.165) is 0 Å². The summed E-state index contributed by atoms with van der Waals surface area (Å²) in [6.45, 7) is 0. The van der Waals surface area contributed by atoms with E-state index < -0.39 is 11.8 Å². The number of benzene rings is 3. The first-order chi connectivity index (χ1) is 16.4. The molecule has 0 radical (unpaired) electrons. The van der Waals surface area contributed by atoms with Crippen LogP contribution in [0.4, 0.5) is 0 Å². The number of hydrazone groups is 2. The maximum absolute atomic E-state index is 12.3. The highest BCUT2D eigenvalue weighted by molar-refractivity contribution is 5.98. The standard InChI is InChI=1S/C24H22N4O6/c1-33-21-11-15(3-9-19(21)29)13-25-27-23(31)17-5-7-18(8-6-17)24(32)28-26-14-16-4-10-20(30)22(12-16)34-2/h3-14,29-30H,1-2H3,(H,27,31)(H,28,32)/b25-13-,26-14-. The number of phenols is 2. The summed E-state index contributed by atoms with van der Waals surface area (Å²) in [5, 5.41) is 27.0. The molecule has 0 unspecified atom stereocenters. The number of phenolic OH excluding ortho intramolecular Hbond substituents is 2. The number of hydrogen-bond acceptors (Lipinski definition) is 8. The molecular formula is C24H22N4O6. The second-order valence-corrected chi connectivity index (χ2v) is 6.84. The maximum Gasteiger partial charge on any atom is 0.271 e. The number of nitrogens with one attached hydrogen (secondary N) is 2. The predicted molar refractivity (Wildman–Crippen MR) is 126 cm³/mol. The number of ether oxygens (including phenoxy) is 2. The Labute approximate surface area is 195 Å². The third-order valence-corrected chi connectivity index (χ3v) is 4.58. The second kappa shape index (κ2) is 11.1. The van der Waals surface area contributed by atoms with Crippen LogP contribution in [0.3, 0.4) is 0 Å². The molecule has 0 aromatic heterocycles. The molecule has 0 saturated carbocycles. The minimum Gasteiger partial charge on any atom is -0.504 e. The molecule has 174 valence electrons. The first kappa shape index (κ1) is 23.8. The normalized spacial score (nSPS) is 10.9. The highest BCUT2D eigenvalue weighted by atomic mass is 16.5. The van der Waals surface area contributed by atoms with E-state index in [9.17, 15) is 19.8 Å². The van der Waals surface area contributed by atoms with E-state index in [0.29, 0.717) is 22.3 Å². The van der Waals surface area contributed by atoms with Crippen LogP contribution >= 0.6 is 0 Å². The van der Waals surface area contributed by atoms with Gasteiger partial charge in [-0.2, -0.15) is 10.2 Å². The fourth-order valence-corrected chi connectivity index (χ4v) is 2.78. The zero-order valence-electron chi connectivity index (χ0n) is 18.4. The topological polar surface area (TPSA) is 142 Å². The Morgan fingerprint density at radius 1 is 0.706 bits per heavy atom. The number of carbonyl (C=O) groups excluding carboxylic acids is 2. The monoisotopic (exact) mass is 462 g/mol. The van der Waals surface area contributed by atoms with Crippen molar-refractivity contribution in [3.63, 3.8) is 0 Å². The first-order valence-electron chi connectivity index (χ1n) is 9.92. The summed E-state index contributed by atoms with van der Waals surface area (Å²) >= 11 is 0. The van der Waals surface area contributed by atoms with Crippen molar-refractivity contribution in [1.29, 1.82) is 0 Å². The lowest BCUT2D eigenvalue weighted by atomic mass is 10.1. The summed E-state index contributed by atoms with van der Waals surface area (Å²) in [5.41, 5.74) is 6.62. The summed E-state index contributed by atoms with van der Waals surface area (Å²) in [7, 11) is 2.86. The lowest BCUT2D eigenvalue weighted by Crippen LogP contribution is -2.19. The molecule has 0 fully saturated rings. The Kier molecular flexibility index (Phi) is 7.79. The minimum absolute atomic E-state index is 0.000845. The molecule has 0 aliphatic heterocycles. The maximum atomic E-state index is 12.3. The molecule has 2 amide bonds. The van der Waals surface area contributed by atoms with Crippen LogP contribution in [0, 0.1) is 0 Å². The minimum atomic E-state index is -0.465. The number of rotatable bonds is 8. The lowest BCUT2D eigenvalue weighted by Gasteiger charge is -2.04. The molecule has 0 atom stereocenters. The van der Waals surface area contributed by atoms with Gasteiger partial charge in [-0.05, 0) is 71.8 Å². The van der Waals surface area contributed by atoms with Crippen molar-refractivity contribution in [2.75, 3.05) is 14.2 Å². The Hall–Kier alpha value is -4.86. The van der Waals surface area contributed by atoms with Crippen LogP contribution in [-0.2, 0) is 0 Å². The molecule has 3 rings (SSSR count). The Morgan fingerprint density at radius 3 is 1.44 bits per heavy atom. The predicted octanol–water partition coefficient (Wildman–Crippen LogP) is 2.64. The number of amides is 2. The van der Waals surface area contributed by atoms with E-state index in [1.54, 1.807) is 24.3 Å². The van der Waals surface area contributed by atoms with Gasteiger partial charge in [0, 0.05) is 11.1 Å². The molecule has 0 aliphatic rings. The van der Waals surface area contributed by atoms with Crippen molar-refractivity contribution in [3.05, 3.63) is 82.9 Å². The molecule has 10 nitrogen and oxygen atoms in total. The highest BCUT2D eigenvalue weighted by Crippen LogP contribution is 2.26. The fraction of sp³-hybridized carbons (Fsp3) is 0.0833. The van der Waals surface area contributed by atoms with Gasteiger partial charge in [-0.15, -0.1) is 0 Å². The smallest absolute Gasteiger partial charge is 0.271 e. The fourth-order valence-electron chi connectivity index (χ4n) is 2.78. The average Bonchev–Trinajstić information content (AvgIpc) is 2.86. The number of aromatic hydroxyl groups is 2. The quantitative estimate of drug-likeness (QED) is 0.300. The summed E-state index contributed by atoms with van der Waals surface area (Å²) < 4.78 is 10.0. The Morgan fingerprint density at radius 2 is 1.09 bits per heavy atom. The number of carbonyl (C=O) groups is 2. The van der Waals surface area contributed by atoms with Gasteiger partial charge in [0.05, 0.1) is 26.6 Å². The van der Waals surface area contributed by atoms with Gasteiger partial charge in [0.2, 0.25) is 0 Å². The van der Waals surface area contributed by atoms with Crippen LogP contribution in [-0.4, -0.2) is 48.7 Å². The third-order valence-electron chi connectivity index (χ3n) is 4.58.